The van der Waals surface area contributed by atoms with Gasteiger partial charge in [-0.25, -0.2) is 8.42 Å². The lowest BCUT2D eigenvalue weighted by molar-refractivity contribution is -0.139. The van der Waals surface area contributed by atoms with Crippen LogP contribution in [0.3, 0.4) is 0 Å². The van der Waals surface area contributed by atoms with Gasteiger partial charge >= 0.3 is 5.97 Å². The molecule has 0 saturated carbocycles. The van der Waals surface area contributed by atoms with Crippen LogP contribution in [0.4, 0.5) is 0 Å². The molecule has 2 N–H and O–H groups in total. The van der Waals surface area contributed by atoms with Crippen LogP contribution < -0.4 is 4.72 Å². The van der Waals surface area contributed by atoms with E-state index in [0.717, 1.165) is 40.6 Å². The number of sulfonamides is 1. The van der Waals surface area contributed by atoms with Crippen LogP contribution in [0.2, 0.25) is 0 Å². The third-order valence-corrected chi connectivity index (χ3v) is 7.82. The molecule has 2 aromatic rings. The van der Waals surface area contributed by atoms with Crippen LogP contribution in [-0.2, 0) is 19.6 Å². The lowest BCUT2D eigenvalue weighted by atomic mass is 10.1. The first kappa shape index (κ1) is 26.1. The van der Waals surface area contributed by atoms with Gasteiger partial charge in [0.15, 0.2) is 0 Å². The molecule has 0 spiro atoms. The SMILES string of the molecule is CC(=O)N(CCCCC(NS(=O)(=O)c1ccc(-c2ccc(Br)cc2)cc1)C(=O)O)C1=CCCC1. The van der Waals surface area contributed by atoms with Gasteiger partial charge in [-0.1, -0.05) is 46.3 Å². The van der Waals surface area contributed by atoms with E-state index in [1.807, 2.05) is 24.3 Å². The highest BCUT2D eigenvalue weighted by Gasteiger charge is 2.25. The summed E-state index contributed by atoms with van der Waals surface area (Å²) in [6.07, 6.45) is 6.13. The zero-order chi connectivity index (χ0) is 24.7. The number of hydrogen-bond donors (Lipinski definition) is 2. The highest BCUT2D eigenvalue weighted by molar-refractivity contribution is 9.10. The molecule has 1 atom stereocenters. The highest BCUT2D eigenvalue weighted by Crippen LogP contribution is 2.24. The number of carbonyl (C=O) groups excluding carboxylic acids is 1. The number of unbranched alkanes of at least 4 members (excludes halogenated alkanes) is 1. The number of amides is 1. The summed E-state index contributed by atoms with van der Waals surface area (Å²) in [5, 5.41) is 9.56. The topological polar surface area (TPSA) is 104 Å². The molecule has 1 unspecified atom stereocenters. The van der Waals surface area contributed by atoms with E-state index in [-0.39, 0.29) is 17.2 Å². The maximum Gasteiger partial charge on any atom is 0.321 e. The molecule has 7 nitrogen and oxygen atoms in total. The molecule has 9 heteroatoms. The molecule has 0 radical (unpaired) electrons. The van der Waals surface area contributed by atoms with Crippen molar-refractivity contribution in [2.45, 2.75) is 56.4 Å². The lowest BCUT2D eigenvalue weighted by Gasteiger charge is -2.23. The Balaban J connectivity index is 1.59. The second-order valence-corrected chi connectivity index (χ2v) is 10.9. The maximum absolute atomic E-state index is 12.8. The average molecular weight is 549 g/mol. The monoisotopic (exact) mass is 548 g/mol. The Morgan fingerprint density at radius 2 is 1.68 bits per heavy atom. The van der Waals surface area contributed by atoms with Crippen LogP contribution in [0.25, 0.3) is 11.1 Å². The molecule has 34 heavy (non-hydrogen) atoms. The molecular formula is C25H29BrN2O5S. The Morgan fingerprint density at radius 3 is 2.21 bits per heavy atom. The largest absolute Gasteiger partial charge is 0.480 e. The molecule has 182 valence electrons. The van der Waals surface area contributed by atoms with Gasteiger partial charge in [0.2, 0.25) is 15.9 Å². The van der Waals surface area contributed by atoms with Crippen LogP contribution in [0.5, 0.6) is 0 Å². The van der Waals surface area contributed by atoms with Gasteiger partial charge in [-0.05, 0) is 73.9 Å². The number of allylic oxidation sites excluding steroid dienone is 2. The Labute approximate surface area is 209 Å². The van der Waals surface area contributed by atoms with Crippen LogP contribution in [0.1, 0.15) is 45.4 Å². The van der Waals surface area contributed by atoms with Gasteiger partial charge < -0.3 is 10.0 Å². The van der Waals surface area contributed by atoms with Gasteiger partial charge in [0.1, 0.15) is 6.04 Å². The van der Waals surface area contributed by atoms with Gasteiger partial charge in [-0.2, -0.15) is 4.72 Å². The first-order valence-electron chi connectivity index (χ1n) is 11.3. The summed E-state index contributed by atoms with van der Waals surface area (Å²) in [5.74, 6) is -1.26. The van der Waals surface area contributed by atoms with Crippen molar-refractivity contribution in [1.29, 1.82) is 0 Å². The number of halogens is 1. The molecule has 1 amide bonds. The maximum atomic E-state index is 12.8. The van der Waals surface area contributed by atoms with Gasteiger partial charge in [0.25, 0.3) is 0 Å². The average Bonchev–Trinajstić information content (AvgIpc) is 3.33. The van der Waals surface area contributed by atoms with Crippen molar-refractivity contribution in [3.8, 4) is 11.1 Å². The molecule has 1 aliphatic carbocycles. The second-order valence-electron chi connectivity index (χ2n) is 8.30. The molecule has 3 rings (SSSR count). The summed E-state index contributed by atoms with van der Waals surface area (Å²) in [6.45, 7) is 2.02. The number of carboxylic acids is 1. The first-order valence-corrected chi connectivity index (χ1v) is 13.5. The van der Waals surface area contributed by atoms with Gasteiger partial charge in [0.05, 0.1) is 4.90 Å². The molecule has 0 aromatic heterocycles. The number of hydrogen-bond acceptors (Lipinski definition) is 4. The molecule has 0 heterocycles. The number of carbonyl (C=O) groups is 2. The summed E-state index contributed by atoms with van der Waals surface area (Å²) in [6, 6.07) is 12.7. The van der Waals surface area contributed by atoms with E-state index in [0.29, 0.717) is 19.4 Å². The zero-order valence-corrected chi connectivity index (χ0v) is 21.4. The summed E-state index contributed by atoms with van der Waals surface area (Å²) in [5.41, 5.74) is 2.82. The predicted octanol–water partition coefficient (Wildman–Crippen LogP) is 4.93. The lowest BCUT2D eigenvalue weighted by Crippen LogP contribution is -2.40. The van der Waals surface area contributed by atoms with Gasteiger partial charge in [-0.15, -0.1) is 0 Å². The van der Waals surface area contributed by atoms with Crippen molar-refractivity contribution in [1.82, 2.24) is 9.62 Å². The minimum absolute atomic E-state index is 0.00976. The first-order chi connectivity index (χ1) is 16.2. The third-order valence-electron chi connectivity index (χ3n) is 5.81. The molecule has 0 bridgehead atoms. The van der Waals surface area contributed by atoms with Crippen LogP contribution in [0.15, 0.2) is 69.7 Å². The van der Waals surface area contributed by atoms with E-state index >= 15 is 0 Å². The van der Waals surface area contributed by atoms with Crippen LogP contribution in [0, 0.1) is 0 Å². The molecule has 2 aromatic carbocycles. The third kappa shape index (κ3) is 7.01. The van der Waals surface area contributed by atoms with Gasteiger partial charge in [0, 0.05) is 23.6 Å². The molecule has 0 saturated heterocycles. The van der Waals surface area contributed by atoms with Crippen molar-refractivity contribution in [2.75, 3.05) is 6.54 Å². The Hall–Kier alpha value is -2.49. The summed E-state index contributed by atoms with van der Waals surface area (Å²) < 4.78 is 28.9. The van der Waals surface area contributed by atoms with E-state index in [4.69, 9.17) is 0 Å². The van der Waals surface area contributed by atoms with Crippen LogP contribution in [-0.4, -0.2) is 42.9 Å². The van der Waals surface area contributed by atoms with E-state index in [9.17, 15) is 23.1 Å². The molecule has 1 aliphatic rings. The van der Waals surface area contributed by atoms with Gasteiger partial charge in [-0.3, -0.25) is 9.59 Å². The number of carboxylic acid groups (broad SMARTS) is 1. The number of nitrogens with zero attached hydrogens (tertiary/aromatic N) is 1. The van der Waals surface area contributed by atoms with E-state index in [1.165, 1.54) is 19.1 Å². The van der Waals surface area contributed by atoms with Crippen molar-refractivity contribution in [2.24, 2.45) is 0 Å². The Morgan fingerprint density at radius 1 is 1.06 bits per heavy atom. The standard InChI is InChI=1S/C25H29BrN2O5S/c1-18(29)28(22-6-2-3-7-22)17-5-4-8-24(25(30)31)27-34(32,33)23-15-11-20(12-16-23)19-9-13-21(26)14-10-19/h6,9-16,24,27H,2-5,7-8,17H2,1H3,(H,30,31). The second kappa shape index (κ2) is 11.8. The summed E-state index contributed by atoms with van der Waals surface area (Å²) >= 11 is 3.39. The fourth-order valence-electron chi connectivity index (χ4n) is 3.98. The number of nitrogens with one attached hydrogen (secondary N) is 1. The van der Waals surface area contributed by atoms with Crippen LogP contribution >= 0.6 is 15.9 Å². The normalized spacial score (nSPS) is 14.5. The fraction of sp³-hybridized carbons (Fsp3) is 0.360. The fourth-order valence-corrected chi connectivity index (χ4v) is 5.47. The van der Waals surface area contributed by atoms with E-state index < -0.39 is 22.0 Å². The summed E-state index contributed by atoms with van der Waals surface area (Å²) in [4.78, 5) is 25.4. The van der Waals surface area contributed by atoms with Crippen molar-refractivity contribution < 1.29 is 23.1 Å². The zero-order valence-electron chi connectivity index (χ0n) is 19.0. The number of rotatable bonds is 11. The van der Waals surface area contributed by atoms with Crippen molar-refractivity contribution in [3.63, 3.8) is 0 Å². The number of aliphatic carboxylic acids is 1. The number of benzene rings is 2. The summed E-state index contributed by atoms with van der Waals surface area (Å²) in [7, 11) is -4.00. The van der Waals surface area contributed by atoms with E-state index in [1.54, 1.807) is 17.0 Å². The van der Waals surface area contributed by atoms with E-state index in [2.05, 4.69) is 26.7 Å². The van der Waals surface area contributed by atoms with Crippen molar-refractivity contribution >= 4 is 37.8 Å². The molecular weight excluding hydrogens is 520 g/mol. The molecule has 0 aliphatic heterocycles. The quantitative estimate of drug-likeness (QED) is 0.387. The minimum Gasteiger partial charge on any atom is -0.480 e. The predicted molar refractivity (Wildman–Crippen MR) is 134 cm³/mol. The Bertz CT molecular complexity index is 1140. The smallest absolute Gasteiger partial charge is 0.321 e. The molecule has 0 fully saturated rings. The Kier molecular flexibility index (Phi) is 9.04. The highest BCUT2D eigenvalue weighted by atomic mass is 79.9. The minimum atomic E-state index is -4.00. The van der Waals surface area contributed by atoms with Crippen molar-refractivity contribution in [3.05, 3.63) is 64.8 Å².